The molecular weight excluding hydrogens is 483 g/mol. The maximum Gasteiger partial charge on any atom is 0.490 e. The number of carboxylic acid groups (broad SMARTS) is 1. The highest BCUT2D eigenvalue weighted by Crippen LogP contribution is 2.30. The summed E-state index contributed by atoms with van der Waals surface area (Å²) in [6, 6.07) is 21.2. The summed E-state index contributed by atoms with van der Waals surface area (Å²) >= 11 is 1.49. The van der Waals surface area contributed by atoms with Crippen molar-refractivity contribution in [3.05, 3.63) is 83.1 Å². The van der Waals surface area contributed by atoms with E-state index in [0.29, 0.717) is 16.6 Å². The second kappa shape index (κ2) is 11.4. The lowest BCUT2D eigenvalue weighted by molar-refractivity contribution is -0.192. The first-order valence-corrected chi connectivity index (χ1v) is 10.9. The summed E-state index contributed by atoms with van der Waals surface area (Å²) in [5.41, 5.74) is 2.27. The van der Waals surface area contributed by atoms with Gasteiger partial charge >= 0.3 is 12.1 Å². The zero-order chi connectivity index (χ0) is 25.4. The number of hydrogen-bond donors (Lipinski definition) is 3. The van der Waals surface area contributed by atoms with Crippen LogP contribution in [0.5, 0.6) is 0 Å². The number of aromatic nitrogens is 3. The van der Waals surface area contributed by atoms with E-state index in [9.17, 15) is 23.5 Å². The first-order valence-electron chi connectivity index (χ1n) is 10.0. The number of aliphatic hydroxyl groups is 1. The number of nitrogens with zero attached hydrogens (tertiary/aromatic N) is 4. The van der Waals surface area contributed by atoms with Crippen LogP contribution in [0.25, 0.3) is 10.2 Å². The van der Waals surface area contributed by atoms with Gasteiger partial charge in [0.25, 0.3) is 0 Å². The van der Waals surface area contributed by atoms with Gasteiger partial charge < -0.3 is 15.5 Å². The van der Waals surface area contributed by atoms with Gasteiger partial charge in [0.2, 0.25) is 5.95 Å². The van der Waals surface area contributed by atoms with Gasteiger partial charge in [-0.25, -0.2) is 19.7 Å². The first-order chi connectivity index (χ1) is 16.7. The minimum absolute atomic E-state index is 0.270. The number of alkyl halides is 3. The average Bonchev–Trinajstić information content (AvgIpc) is 3.27. The molecule has 0 amide bonds. The van der Waals surface area contributed by atoms with E-state index in [1.165, 1.54) is 11.3 Å². The second-order valence-electron chi connectivity index (χ2n) is 7.00. The number of carbonyl (C=O) groups is 1. The number of rotatable bonds is 6. The van der Waals surface area contributed by atoms with Crippen LogP contribution in [0.1, 0.15) is 28.3 Å². The van der Waals surface area contributed by atoms with Crippen LogP contribution in [0, 0.1) is 11.3 Å². The molecule has 2 atom stereocenters. The highest BCUT2D eigenvalue weighted by molar-refractivity contribution is 7.18. The third-order valence-electron chi connectivity index (χ3n) is 4.54. The minimum Gasteiger partial charge on any atom is -0.475 e. The molecule has 180 valence electrons. The standard InChI is InChI=1S/C21H17N5OS.C2HF3O2/c22-12-15(20-25-17-8-4-5-9-19(17)28-20)16-10-11-23-21(26-16)24-13-18(27)14-6-2-1-3-7-14;3-2(4,5)1(6)7/h1-11,15,18,27H,13H2,(H,23,24,26);(H,6,7). The summed E-state index contributed by atoms with van der Waals surface area (Å²) in [6.45, 7) is 0.270. The van der Waals surface area contributed by atoms with E-state index in [0.717, 1.165) is 15.8 Å². The second-order valence-corrected chi connectivity index (χ2v) is 8.06. The van der Waals surface area contributed by atoms with Crippen molar-refractivity contribution in [3.63, 3.8) is 0 Å². The Balaban J connectivity index is 0.000000429. The molecule has 2 aromatic heterocycles. The number of anilines is 1. The number of nitriles is 1. The Kier molecular flexibility index (Phi) is 8.30. The average molecular weight is 501 g/mol. The normalized spacial score (nSPS) is 12.7. The molecule has 0 spiro atoms. The number of benzene rings is 2. The van der Waals surface area contributed by atoms with Crippen LogP contribution in [0.2, 0.25) is 0 Å². The monoisotopic (exact) mass is 501 g/mol. The summed E-state index contributed by atoms with van der Waals surface area (Å²) in [7, 11) is 0. The number of carboxylic acids is 1. The van der Waals surface area contributed by atoms with E-state index in [-0.39, 0.29) is 6.54 Å². The summed E-state index contributed by atoms with van der Waals surface area (Å²) in [6.07, 6.45) is -4.15. The Hall–Kier alpha value is -4.08. The highest BCUT2D eigenvalue weighted by Gasteiger charge is 2.38. The minimum atomic E-state index is -5.08. The smallest absolute Gasteiger partial charge is 0.475 e. The Morgan fingerprint density at radius 1 is 1.09 bits per heavy atom. The van der Waals surface area contributed by atoms with Crippen LogP contribution in [0.4, 0.5) is 19.1 Å². The fourth-order valence-corrected chi connectivity index (χ4v) is 3.89. The van der Waals surface area contributed by atoms with Crippen LogP contribution in [-0.4, -0.2) is 43.9 Å². The Morgan fingerprint density at radius 3 is 2.37 bits per heavy atom. The van der Waals surface area contributed by atoms with Crippen molar-refractivity contribution in [3.8, 4) is 6.07 Å². The molecule has 0 radical (unpaired) electrons. The molecule has 0 aliphatic rings. The van der Waals surface area contributed by atoms with Crippen molar-refractivity contribution in [2.24, 2.45) is 0 Å². The number of aliphatic hydroxyl groups excluding tert-OH is 1. The number of aliphatic carboxylic acids is 1. The Labute approximate surface area is 201 Å². The van der Waals surface area contributed by atoms with E-state index in [1.807, 2.05) is 54.6 Å². The van der Waals surface area contributed by atoms with Crippen molar-refractivity contribution in [1.82, 2.24) is 15.0 Å². The zero-order valence-corrected chi connectivity index (χ0v) is 18.7. The predicted octanol–water partition coefficient (Wildman–Crippen LogP) is 4.52. The molecule has 2 heterocycles. The van der Waals surface area contributed by atoms with Crippen molar-refractivity contribution in [2.75, 3.05) is 11.9 Å². The molecule has 12 heteroatoms. The van der Waals surface area contributed by atoms with Gasteiger partial charge in [-0.2, -0.15) is 18.4 Å². The predicted molar refractivity (Wildman–Crippen MR) is 123 cm³/mol. The van der Waals surface area contributed by atoms with E-state index in [1.54, 1.807) is 12.3 Å². The van der Waals surface area contributed by atoms with Crippen LogP contribution in [0.15, 0.2) is 66.9 Å². The number of para-hydroxylation sites is 1. The number of thiazole rings is 1. The zero-order valence-electron chi connectivity index (χ0n) is 17.8. The lowest BCUT2D eigenvalue weighted by Gasteiger charge is -2.13. The quantitative estimate of drug-likeness (QED) is 0.351. The molecule has 0 aliphatic carbocycles. The molecule has 4 aromatic rings. The first kappa shape index (κ1) is 25.5. The Bertz CT molecular complexity index is 1290. The van der Waals surface area contributed by atoms with Gasteiger partial charge in [0.15, 0.2) is 0 Å². The third kappa shape index (κ3) is 6.95. The van der Waals surface area contributed by atoms with E-state index < -0.39 is 24.2 Å². The van der Waals surface area contributed by atoms with Gasteiger partial charge in [-0.3, -0.25) is 0 Å². The lowest BCUT2D eigenvalue weighted by atomic mass is 10.1. The van der Waals surface area contributed by atoms with E-state index in [2.05, 4.69) is 26.3 Å². The maximum atomic E-state index is 10.6. The molecule has 2 aromatic carbocycles. The summed E-state index contributed by atoms with van der Waals surface area (Å²) in [5.74, 6) is -2.96. The van der Waals surface area contributed by atoms with Gasteiger partial charge in [-0.15, -0.1) is 11.3 Å². The number of hydrogen-bond acceptors (Lipinski definition) is 8. The van der Waals surface area contributed by atoms with Gasteiger partial charge in [-0.1, -0.05) is 42.5 Å². The Morgan fingerprint density at radius 2 is 1.74 bits per heavy atom. The topological polar surface area (TPSA) is 132 Å². The van der Waals surface area contributed by atoms with Crippen molar-refractivity contribution >= 4 is 33.5 Å². The van der Waals surface area contributed by atoms with Crippen LogP contribution in [-0.2, 0) is 4.79 Å². The van der Waals surface area contributed by atoms with Crippen molar-refractivity contribution < 1.29 is 28.2 Å². The summed E-state index contributed by atoms with van der Waals surface area (Å²) < 4.78 is 32.8. The summed E-state index contributed by atoms with van der Waals surface area (Å²) in [4.78, 5) is 22.1. The van der Waals surface area contributed by atoms with Gasteiger partial charge in [-0.05, 0) is 23.8 Å². The molecule has 0 saturated carbocycles. The molecule has 4 rings (SSSR count). The molecule has 2 unspecified atom stereocenters. The third-order valence-corrected chi connectivity index (χ3v) is 5.64. The van der Waals surface area contributed by atoms with E-state index in [4.69, 9.17) is 9.90 Å². The summed E-state index contributed by atoms with van der Waals surface area (Å²) in [5, 5.41) is 30.9. The van der Waals surface area contributed by atoms with Gasteiger partial charge in [0, 0.05) is 12.7 Å². The molecule has 3 N–H and O–H groups in total. The molecule has 0 bridgehead atoms. The molecular formula is C23H18F3N5O3S. The van der Waals surface area contributed by atoms with Crippen molar-refractivity contribution in [1.29, 1.82) is 5.26 Å². The highest BCUT2D eigenvalue weighted by atomic mass is 32.1. The largest absolute Gasteiger partial charge is 0.490 e. The maximum absolute atomic E-state index is 10.6. The molecule has 0 fully saturated rings. The van der Waals surface area contributed by atoms with Gasteiger partial charge in [0.05, 0.1) is 28.1 Å². The molecule has 8 nitrogen and oxygen atoms in total. The number of nitrogens with one attached hydrogen (secondary N) is 1. The van der Waals surface area contributed by atoms with E-state index >= 15 is 0 Å². The molecule has 0 aliphatic heterocycles. The lowest BCUT2D eigenvalue weighted by Crippen LogP contribution is -2.21. The number of halogens is 3. The van der Waals surface area contributed by atoms with Crippen LogP contribution in [0.3, 0.4) is 0 Å². The fraction of sp³-hybridized carbons (Fsp3) is 0.174. The SMILES string of the molecule is N#CC(c1ccnc(NCC(O)c2ccccc2)n1)c1nc2ccccc2s1.O=C(O)C(F)(F)F. The fourth-order valence-electron chi connectivity index (χ4n) is 2.86. The number of fused-ring (bicyclic) bond motifs is 1. The van der Waals surface area contributed by atoms with Crippen molar-refractivity contribution in [2.45, 2.75) is 18.2 Å². The van der Waals surface area contributed by atoms with Gasteiger partial charge in [0.1, 0.15) is 10.9 Å². The molecule has 35 heavy (non-hydrogen) atoms. The molecule has 0 saturated heterocycles. The van der Waals surface area contributed by atoms with Crippen LogP contribution >= 0.6 is 11.3 Å². The van der Waals surface area contributed by atoms with Crippen LogP contribution < -0.4 is 5.32 Å².